The fourth-order valence-electron chi connectivity index (χ4n) is 2.45. The molecular weight excluding hydrogens is 264 g/mol. The first-order valence-electron chi connectivity index (χ1n) is 6.98. The van der Waals surface area contributed by atoms with Crippen LogP contribution in [0, 0.1) is 20.8 Å². The molecule has 21 heavy (non-hydrogen) atoms. The average molecular weight is 284 g/mol. The van der Waals surface area contributed by atoms with Gasteiger partial charge in [-0.3, -0.25) is 0 Å². The third-order valence-corrected chi connectivity index (χ3v) is 3.86. The van der Waals surface area contributed by atoms with Crippen molar-refractivity contribution in [3.63, 3.8) is 0 Å². The lowest BCUT2D eigenvalue weighted by molar-refractivity contribution is 0.739. The lowest BCUT2D eigenvalue weighted by atomic mass is 10.3. The molecule has 3 aromatic rings. The topological polar surface area (TPSA) is 51.2 Å². The smallest absolute Gasteiger partial charge is 0.160 e. The van der Waals surface area contributed by atoms with Crippen molar-refractivity contribution in [1.29, 1.82) is 0 Å². The van der Waals surface area contributed by atoms with Gasteiger partial charge in [0.1, 0.15) is 11.6 Å². The number of rotatable bonds is 3. The molecule has 0 atom stereocenters. The van der Waals surface area contributed by atoms with Crippen LogP contribution in [0.5, 0.6) is 0 Å². The van der Waals surface area contributed by atoms with E-state index < -0.39 is 0 Å². The van der Waals surface area contributed by atoms with Crippen LogP contribution >= 0.6 is 0 Å². The molecule has 3 rings (SSSR count). The Morgan fingerprint density at radius 3 is 2.67 bits per heavy atom. The minimum absolute atomic E-state index is 0.722. The number of fused-ring (bicyclic) bond motifs is 1. The first-order valence-corrected chi connectivity index (χ1v) is 6.98. The number of aryl methyl sites for hydroxylation is 4. The van der Waals surface area contributed by atoms with Gasteiger partial charge in [-0.25, -0.2) is 9.97 Å². The molecule has 0 N–H and O–H groups in total. The second-order valence-corrected chi connectivity index (χ2v) is 5.51. The van der Waals surface area contributed by atoms with Crippen LogP contribution in [-0.2, 0) is 13.6 Å². The summed E-state index contributed by atoms with van der Waals surface area (Å²) in [7, 11) is 4.06. The molecule has 0 aliphatic rings. The third kappa shape index (κ3) is 2.26. The Morgan fingerprint density at radius 1 is 1.24 bits per heavy atom. The Kier molecular flexibility index (Phi) is 3.16. The molecule has 3 aromatic heterocycles. The summed E-state index contributed by atoms with van der Waals surface area (Å²) in [5.41, 5.74) is 4.06. The van der Waals surface area contributed by atoms with Crippen molar-refractivity contribution >= 4 is 11.5 Å². The molecule has 0 radical (unpaired) electrons. The Balaban J connectivity index is 2.07. The molecular formula is C15H20N6. The zero-order valence-electron chi connectivity index (χ0n) is 13.1. The van der Waals surface area contributed by atoms with Crippen LogP contribution < -0.4 is 4.90 Å². The highest BCUT2D eigenvalue weighted by Gasteiger charge is 2.15. The van der Waals surface area contributed by atoms with E-state index in [1.54, 1.807) is 0 Å². The van der Waals surface area contributed by atoms with Crippen molar-refractivity contribution < 1.29 is 0 Å². The summed E-state index contributed by atoms with van der Waals surface area (Å²) in [6.45, 7) is 6.81. The predicted octanol–water partition coefficient (Wildman–Crippen LogP) is 2.02. The van der Waals surface area contributed by atoms with Gasteiger partial charge >= 0.3 is 0 Å². The number of hydrogen-bond acceptors (Lipinski definition) is 4. The van der Waals surface area contributed by atoms with Crippen molar-refractivity contribution in [3.8, 4) is 0 Å². The molecule has 0 unspecified atom stereocenters. The molecule has 0 aliphatic heterocycles. The van der Waals surface area contributed by atoms with Crippen LogP contribution in [0.25, 0.3) is 5.65 Å². The second-order valence-electron chi connectivity index (χ2n) is 5.51. The monoisotopic (exact) mass is 284 g/mol. The van der Waals surface area contributed by atoms with E-state index in [-0.39, 0.29) is 0 Å². The van der Waals surface area contributed by atoms with Gasteiger partial charge in [0.25, 0.3) is 0 Å². The highest BCUT2D eigenvalue weighted by Crippen LogP contribution is 2.21. The maximum atomic E-state index is 4.61. The van der Waals surface area contributed by atoms with E-state index in [1.807, 2.05) is 42.4 Å². The van der Waals surface area contributed by atoms with E-state index >= 15 is 0 Å². The molecule has 3 heterocycles. The first kappa shape index (κ1) is 13.6. The van der Waals surface area contributed by atoms with Crippen molar-refractivity contribution in [1.82, 2.24) is 24.1 Å². The zero-order valence-corrected chi connectivity index (χ0v) is 13.1. The Hall–Kier alpha value is -2.37. The SMILES string of the molecule is Cc1cc(N(C)Cc2nccn2C)n2nc(C)c(C)c2n1. The average Bonchev–Trinajstić information content (AvgIpc) is 2.95. The molecule has 0 aromatic carbocycles. The fraction of sp³-hybridized carbons (Fsp3) is 0.400. The molecule has 0 saturated heterocycles. The summed E-state index contributed by atoms with van der Waals surface area (Å²) >= 11 is 0. The van der Waals surface area contributed by atoms with Crippen LogP contribution in [0.3, 0.4) is 0 Å². The zero-order chi connectivity index (χ0) is 15.1. The quantitative estimate of drug-likeness (QED) is 0.738. The molecule has 0 aliphatic carbocycles. The van der Waals surface area contributed by atoms with E-state index in [9.17, 15) is 0 Å². The van der Waals surface area contributed by atoms with Gasteiger partial charge in [-0.1, -0.05) is 0 Å². The predicted molar refractivity (Wildman–Crippen MR) is 82.5 cm³/mol. The summed E-state index contributed by atoms with van der Waals surface area (Å²) in [5, 5.41) is 4.61. The largest absolute Gasteiger partial charge is 0.352 e. The van der Waals surface area contributed by atoms with Crippen LogP contribution in [0.15, 0.2) is 18.5 Å². The molecule has 0 bridgehead atoms. The number of imidazole rings is 1. The molecule has 0 amide bonds. The fourth-order valence-corrected chi connectivity index (χ4v) is 2.45. The summed E-state index contributed by atoms with van der Waals surface area (Å²) in [6, 6.07) is 2.06. The Bertz CT molecular complexity index is 798. The standard InChI is InChI=1S/C15H20N6/c1-10-8-14(20(5)9-13-16-6-7-19(13)4)21-15(17-10)11(2)12(3)18-21/h6-8H,9H2,1-5H3. The van der Waals surface area contributed by atoms with E-state index in [0.717, 1.165) is 40.8 Å². The summed E-state index contributed by atoms with van der Waals surface area (Å²) in [6.07, 6.45) is 3.78. The van der Waals surface area contributed by atoms with Gasteiger partial charge in [0.15, 0.2) is 5.65 Å². The van der Waals surface area contributed by atoms with Crippen molar-refractivity contribution in [3.05, 3.63) is 41.2 Å². The van der Waals surface area contributed by atoms with Crippen molar-refractivity contribution in [2.24, 2.45) is 7.05 Å². The van der Waals surface area contributed by atoms with Crippen LogP contribution in [0.2, 0.25) is 0 Å². The Morgan fingerprint density at radius 2 is 2.00 bits per heavy atom. The van der Waals surface area contributed by atoms with Gasteiger partial charge < -0.3 is 9.47 Å². The lowest BCUT2D eigenvalue weighted by Crippen LogP contribution is -2.22. The molecule has 6 nitrogen and oxygen atoms in total. The van der Waals surface area contributed by atoms with Gasteiger partial charge in [0.05, 0.1) is 12.2 Å². The normalized spacial score (nSPS) is 11.3. The summed E-state index contributed by atoms with van der Waals surface area (Å²) in [4.78, 5) is 11.1. The number of anilines is 1. The maximum absolute atomic E-state index is 4.61. The molecule has 110 valence electrons. The Labute approximate surface area is 124 Å². The van der Waals surface area contributed by atoms with E-state index in [1.165, 1.54) is 0 Å². The lowest BCUT2D eigenvalue weighted by Gasteiger charge is -2.20. The number of nitrogens with zero attached hydrogens (tertiary/aromatic N) is 6. The van der Waals surface area contributed by atoms with E-state index in [2.05, 4.69) is 40.0 Å². The minimum atomic E-state index is 0.722. The maximum Gasteiger partial charge on any atom is 0.160 e. The van der Waals surface area contributed by atoms with Gasteiger partial charge in [-0.2, -0.15) is 9.61 Å². The van der Waals surface area contributed by atoms with Gasteiger partial charge in [-0.05, 0) is 20.8 Å². The summed E-state index contributed by atoms with van der Waals surface area (Å²) in [5.74, 6) is 2.04. The first-order chi connectivity index (χ1) is 9.97. The van der Waals surface area contributed by atoms with Crippen LogP contribution in [0.4, 0.5) is 5.82 Å². The highest BCUT2D eigenvalue weighted by atomic mass is 15.3. The van der Waals surface area contributed by atoms with E-state index in [4.69, 9.17) is 0 Å². The van der Waals surface area contributed by atoms with Gasteiger partial charge in [0.2, 0.25) is 0 Å². The van der Waals surface area contributed by atoms with Crippen molar-refractivity contribution in [2.45, 2.75) is 27.3 Å². The van der Waals surface area contributed by atoms with E-state index in [0.29, 0.717) is 0 Å². The molecule has 6 heteroatoms. The van der Waals surface area contributed by atoms with Gasteiger partial charge in [0, 0.05) is 43.8 Å². The minimum Gasteiger partial charge on any atom is -0.352 e. The van der Waals surface area contributed by atoms with Crippen LogP contribution in [-0.4, -0.2) is 31.2 Å². The van der Waals surface area contributed by atoms with Gasteiger partial charge in [-0.15, -0.1) is 0 Å². The molecule has 0 spiro atoms. The van der Waals surface area contributed by atoms with Crippen LogP contribution in [0.1, 0.15) is 22.8 Å². The highest BCUT2D eigenvalue weighted by molar-refractivity contribution is 5.56. The molecule has 0 fully saturated rings. The third-order valence-electron chi connectivity index (χ3n) is 3.86. The number of aromatic nitrogens is 5. The summed E-state index contributed by atoms with van der Waals surface area (Å²) < 4.78 is 3.95. The molecule has 0 saturated carbocycles. The van der Waals surface area contributed by atoms with Crippen molar-refractivity contribution in [2.75, 3.05) is 11.9 Å². The number of hydrogen-bond donors (Lipinski definition) is 0. The second kappa shape index (κ2) is 4.87.